The van der Waals surface area contributed by atoms with E-state index in [9.17, 15) is 22.4 Å². The zero-order valence-corrected chi connectivity index (χ0v) is 27.5. The predicted octanol–water partition coefficient (Wildman–Crippen LogP) is 5.30. The Morgan fingerprint density at radius 2 is 1.54 bits per heavy atom. The van der Waals surface area contributed by atoms with Gasteiger partial charge in [0.25, 0.3) is 10.0 Å². The molecule has 0 saturated heterocycles. The van der Waals surface area contributed by atoms with Crippen molar-refractivity contribution >= 4 is 27.5 Å². The Bertz CT molecular complexity index is 1580. The summed E-state index contributed by atoms with van der Waals surface area (Å²) in [6.07, 6.45) is 5.22. The standard InChI is InChI=1S/C34H42FN3O7S/c1-5-30(34(40)36-26-9-7-6-8-10-26)37(22-24-11-17-28(43-2)18-12-24)33(39)23-38(27-15-13-25(35)14-16-27)46(41,42)29-19-20-31(44-3)32(21-29)45-4/h11-21,26,30H,5-10,22-23H2,1-4H3,(H,36,40)/t30-/m0/s1. The van der Waals surface area contributed by atoms with E-state index in [0.29, 0.717) is 17.9 Å². The Balaban J connectivity index is 1.73. The molecule has 46 heavy (non-hydrogen) atoms. The largest absolute Gasteiger partial charge is 0.497 e. The van der Waals surface area contributed by atoms with Gasteiger partial charge in [-0.15, -0.1) is 0 Å². The molecule has 1 saturated carbocycles. The number of methoxy groups -OCH3 is 3. The third kappa shape index (κ3) is 8.28. The van der Waals surface area contributed by atoms with Gasteiger partial charge in [0.1, 0.15) is 24.2 Å². The molecular formula is C34H42FN3O7S. The smallest absolute Gasteiger partial charge is 0.264 e. The maximum absolute atomic E-state index is 14.3. The molecule has 1 aliphatic rings. The molecule has 4 rings (SSSR count). The lowest BCUT2D eigenvalue weighted by Gasteiger charge is -2.34. The molecule has 1 N–H and O–H groups in total. The van der Waals surface area contributed by atoms with Gasteiger partial charge in [-0.05, 0) is 73.4 Å². The molecule has 12 heteroatoms. The monoisotopic (exact) mass is 655 g/mol. The molecule has 1 atom stereocenters. The van der Waals surface area contributed by atoms with Gasteiger partial charge < -0.3 is 24.4 Å². The van der Waals surface area contributed by atoms with Crippen molar-refractivity contribution in [3.05, 3.63) is 78.1 Å². The van der Waals surface area contributed by atoms with Crippen LogP contribution in [0.15, 0.2) is 71.6 Å². The van der Waals surface area contributed by atoms with Crippen LogP contribution in [0.4, 0.5) is 10.1 Å². The number of nitrogens with one attached hydrogen (secondary N) is 1. The highest BCUT2D eigenvalue weighted by Crippen LogP contribution is 2.32. The molecule has 0 unspecified atom stereocenters. The molecule has 0 aliphatic heterocycles. The lowest BCUT2D eigenvalue weighted by atomic mass is 9.95. The average molecular weight is 656 g/mol. The van der Waals surface area contributed by atoms with Crippen molar-refractivity contribution in [2.24, 2.45) is 0 Å². The minimum atomic E-state index is -4.40. The summed E-state index contributed by atoms with van der Waals surface area (Å²) < 4.78 is 59.1. The third-order valence-electron chi connectivity index (χ3n) is 8.19. The second-order valence-electron chi connectivity index (χ2n) is 11.1. The van der Waals surface area contributed by atoms with Crippen molar-refractivity contribution in [2.45, 2.75) is 69.0 Å². The fourth-order valence-electron chi connectivity index (χ4n) is 5.63. The van der Waals surface area contributed by atoms with Gasteiger partial charge in [-0.2, -0.15) is 0 Å². The third-order valence-corrected chi connectivity index (χ3v) is 9.96. The molecule has 1 aliphatic carbocycles. The first-order chi connectivity index (χ1) is 22.1. The summed E-state index contributed by atoms with van der Waals surface area (Å²) in [5.74, 6) is -0.314. The van der Waals surface area contributed by atoms with Crippen molar-refractivity contribution in [2.75, 3.05) is 32.2 Å². The second-order valence-corrected chi connectivity index (χ2v) is 13.0. The minimum Gasteiger partial charge on any atom is -0.497 e. The van der Waals surface area contributed by atoms with Crippen LogP contribution in [0, 0.1) is 5.82 Å². The van der Waals surface area contributed by atoms with Crippen LogP contribution in [0.2, 0.25) is 0 Å². The summed E-state index contributed by atoms with van der Waals surface area (Å²) in [5, 5.41) is 3.13. The lowest BCUT2D eigenvalue weighted by molar-refractivity contribution is -0.140. The highest BCUT2D eigenvalue weighted by atomic mass is 32.2. The molecule has 0 aromatic heterocycles. The molecule has 2 amide bonds. The van der Waals surface area contributed by atoms with Crippen molar-refractivity contribution in [1.29, 1.82) is 0 Å². The first kappa shape index (κ1) is 34.6. The molecule has 0 bridgehead atoms. The number of ether oxygens (including phenoxy) is 3. The number of rotatable bonds is 14. The van der Waals surface area contributed by atoms with Gasteiger partial charge in [0.2, 0.25) is 11.8 Å². The summed E-state index contributed by atoms with van der Waals surface area (Å²) in [4.78, 5) is 29.3. The number of benzene rings is 3. The molecule has 0 heterocycles. The summed E-state index contributed by atoms with van der Waals surface area (Å²) in [5.41, 5.74) is 0.808. The zero-order chi connectivity index (χ0) is 33.3. The van der Waals surface area contributed by atoms with Crippen LogP contribution in [0.5, 0.6) is 17.2 Å². The molecule has 0 spiro atoms. The van der Waals surface area contributed by atoms with E-state index in [-0.39, 0.29) is 34.8 Å². The quantitative estimate of drug-likeness (QED) is 0.251. The van der Waals surface area contributed by atoms with Crippen molar-refractivity contribution in [3.63, 3.8) is 0 Å². The van der Waals surface area contributed by atoms with Crippen LogP contribution in [0.1, 0.15) is 51.0 Å². The fourth-order valence-corrected chi connectivity index (χ4v) is 7.06. The van der Waals surface area contributed by atoms with Gasteiger partial charge in [0, 0.05) is 18.7 Å². The number of carbonyl (C=O) groups excluding carboxylic acids is 2. The number of carbonyl (C=O) groups is 2. The Labute approximate surface area is 270 Å². The maximum Gasteiger partial charge on any atom is 0.264 e. The molecule has 0 radical (unpaired) electrons. The van der Waals surface area contributed by atoms with Crippen molar-refractivity contribution in [3.8, 4) is 17.2 Å². The van der Waals surface area contributed by atoms with Gasteiger partial charge in [-0.3, -0.25) is 13.9 Å². The summed E-state index contributed by atoms with van der Waals surface area (Å²) in [6.45, 7) is 1.22. The summed E-state index contributed by atoms with van der Waals surface area (Å²) in [6, 6.07) is 15.2. The van der Waals surface area contributed by atoms with E-state index < -0.39 is 34.3 Å². The number of nitrogens with zero attached hydrogens (tertiary/aromatic N) is 2. The first-order valence-corrected chi connectivity index (χ1v) is 16.8. The minimum absolute atomic E-state index is 0.0226. The van der Waals surface area contributed by atoms with Crippen LogP contribution in [0.3, 0.4) is 0 Å². The van der Waals surface area contributed by atoms with Gasteiger partial charge >= 0.3 is 0 Å². The normalized spacial score (nSPS) is 14.2. The van der Waals surface area contributed by atoms with Crippen LogP contribution >= 0.6 is 0 Å². The van der Waals surface area contributed by atoms with E-state index in [1.807, 2.05) is 6.92 Å². The number of halogens is 1. The SMILES string of the molecule is CC[C@@H](C(=O)NC1CCCCC1)N(Cc1ccc(OC)cc1)C(=O)CN(c1ccc(F)cc1)S(=O)(=O)c1ccc(OC)c(OC)c1. The van der Waals surface area contributed by atoms with E-state index in [2.05, 4.69) is 5.32 Å². The van der Waals surface area contributed by atoms with E-state index in [1.165, 1.54) is 49.5 Å². The highest BCUT2D eigenvalue weighted by molar-refractivity contribution is 7.92. The second kappa shape index (κ2) is 15.8. The van der Waals surface area contributed by atoms with Crippen LogP contribution < -0.4 is 23.8 Å². The predicted molar refractivity (Wildman–Crippen MR) is 173 cm³/mol. The summed E-state index contributed by atoms with van der Waals surface area (Å²) >= 11 is 0. The molecule has 3 aromatic carbocycles. The topological polar surface area (TPSA) is 114 Å². The molecule has 1 fully saturated rings. The zero-order valence-electron chi connectivity index (χ0n) is 26.7. The number of sulfonamides is 1. The fraction of sp³-hybridized carbons (Fsp3) is 0.412. The van der Waals surface area contributed by atoms with Crippen molar-refractivity contribution in [1.82, 2.24) is 10.2 Å². The first-order valence-electron chi connectivity index (χ1n) is 15.3. The van der Waals surface area contributed by atoms with Gasteiger partial charge in [-0.1, -0.05) is 38.3 Å². The van der Waals surface area contributed by atoms with Crippen molar-refractivity contribution < 1.29 is 36.6 Å². The lowest BCUT2D eigenvalue weighted by Crippen LogP contribution is -2.54. The van der Waals surface area contributed by atoms with E-state index in [1.54, 1.807) is 31.4 Å². The number of hydrogen-bond acceptors (Lipinski definition) is 7. The summed E-state index contributed by atoms with van der Waals surface area (Å²) in [7, 11) is -0.0308. The Morgan fingerprint density at radius 3 is 2.13 bits per heavy atom. The van der Waals surface area contributed by atoms with Gasteiger partial charge in [0.05, 0.1) is 31.9 Å². The van der Waals surface area contributed by atoms with E-state index in [0.717, 1.165) is 54.1 Å². The average Bonchev–Trinajstić information content (AvgIpc) is 3.07. The van der Waals surface area contributed by atoms with E-state index >= 15 is 0 Å². The van der Waals surface area contributed by atoms with Crippen LogP contribution in [0.25, 0.3) is 0 Å². The van der Waals surface area contributed by atoms with E-state index in [4.69, 9.17) is 14.2 Å². The maximum atomic E-state index is 14.3. The van der Waals surface area contributed by atoms with Crippen LogP contribution in [-0.2, 0) is 26.2 Å². The Hall–Kier alpha value is -4.32. The number of hydrogen-bond donors (Lipinski definition) is 1. The van der Waals surface area contributed by atoms with Crippen LogP contribution in [-0.4, -0.2) is 65.1 Å². The number of anilines is 1. The Kier molecular flexibility index (Phi) is 11.9. The van der Waals surface area contributed by atoms with Gasteiger partial charge in [-0.25, -0.2) is 12.8 Å². The Morgan fingerprint density at radius 1 is 0.891 bits per heavy atom. The molecule has 248 valence electrons. The molecule has 10 nitrogen and oxygen atoms in total. The molecular weight excluding hydrogens is 613 g/mol. The van der Waals surface area contributed by atoms with Gasteiger partial charge in [0.15, 0.2) is 11.5 Å². The number of amides is 2. The highest BCUT2D eigenvalue weighted by Gasteiger charge is 2.35. The molecule has 3 aromatic rings.